The Balaban J connectivity index is 1.55. The minimum absolute atomic E-state index is 0.0897. The Morgan fingerprint density at radius 1 is 1.17 bits per heavy atom. The van der Waals surface area contributed by atoms with Crippen LogP contribution in [0.15, 0.2) is 54.7 Å². The second-order valence-electron chi connectivity index (χ2n) is 6.00. The molecule has 0 radical (unpaired) electrons. The number of hydrogen-bond acceptors (Lipinski definition) is 2. The van der Waals surface area contributed by atoms with Gasteiger partial charge in [0.1, 0.15) is 6.04 Å². The van der Waals surface area contributed by atoms with Crippen LogP contribution in [0.3, 0.4) is 0 Å². The van der Waals surface area contributed by atoms with Gasteiger partial charge in [0.25, 0.3) is 5.91 Å². The number of carbonyl (C=O) groups excluding carboxylic acids is 2. The van der Waals surface area contributed by atoms with Gasteiger partial charge >= 0.3 is 0 Å². The number of carbonyl (C=O) groups is 2. The van der Waals surface area contributed by atoms with Gasteiger partial charge in [-0.05, 0) is 36.8 Å². The van der Waals surface area contributed by atoms with Crippen LogP contribution in [0.5, 0.6) is 0 Å². The van der Waals surface area contributed by atoms with E-state index < -0.39 is 6.04 Å². The van der Waals surface area contributed by atoms with Gasteiger partial charge in [0, 0.05) is 29.2 Å². The van der Waals surface area contributed by atoms with Crippen molar-refractivity contribution in [3.8, 4) is 0 Å². The molecule has 120 valence electrons. The van der Waals surface area contributed by atoms with E-state index in [2.05, 4.69) is 10.3 Å². The quantitative estimate of drug-likeness (QED) is 0.779. The maximum atomic E-state index is 12.6. The van der Waals surface area contributed by atoms with Crippen LogP contribution in [0.25, 0.3) is 10.9 Å². The normalized spacial score (nSPS) is 14.7. The van der Waals surface area contributed by atoms with Gasteiger partial charge in [-0.3, -0.25) is 9.59 Å². The number of nitrogens with one attached hydrogen (secondary N) is 2. The molecule has 2 amide bonds. The molecule has 0 spiro atoms. The van der Waals surface area contributed by atoms with E-state index in [4.69, 9.17) is 0 Å². The predicted octanol–water partition coefficient (Wildman–Crippen LogP) is 3.15. The molecule has 5 heteroatoms. The number of benzene rings is 2. The number of aromatic nitrogens is 1. The number of amides is 2. The molecule has 2 N–H and O–H groups in total. The van der Waals surface area contributed by atoms with Crippen LogP contribution >= 0.6 is 0 Å². The number of nitrogens with zero attached hydrogens (tertiary/aromatic N) is 1. The molecule has 24 heavy (non-hydrogen) atoms. The lowest BCUT2D eigenvalue weighted by Gasteiger charge is -2.23. The average molecular weight is 319 g/mol. The fourth-order valence-corrected chi connectivity index (χ4v) is 3.16. The van der Waals surface area contributed by atoms with E-state index in [1.807, 2.05) is 54.7 Å². The van der Waals surface area contributed by atoms with Crippen molar-refractivity contribution in [3.05, 3.63) is 65.9 Å². The van der Waals surface area contributed by atoms with Crippen molar-refractivity contribution in [2.75, 3.05) is 5.32 Å². The standard InChI is InChI=1S/C19H17N3O2/c1-12(22-11-13-5-2-3-6-14(13)19(22)24)18(23)21-17-8-4-7-16-15(17)9-10-20-16/h2-10,12,20H,11H2,1H3,(H,21,23). The zero-order valence-corrected chi connectivity index (χ0v) is 13.2. The van der Waals surface area contributed by atoms with E-state index in [-0.39, 0.29) is 11.8 Å². The molecule has 3 aromatic rings. The summed E-state index contributed by atoms with van der Waals surface area (Å²) in [5, 5.41) is 3.90. The molecule has 2 aromatic carbocycles. The molecule has 1 aliphatic rings. The van der Waals surface area contributed by atoms with Gasteiger partial charge in [0.15, 0.2) is 0 Å². The van der Waals surface area contributed by atoms with Crippen molar-refractivity contribution in [1.82, 2.24) is 9.88 Å². The zero-order valence-electron chi connectivity index (χ0n) is 13.2. The summed E-state index contributed by atoms with van der Waals surface area (Å²) >= 11 is 0. The highest BCUT2D eigenvalue weighted by Crippen LogP contribution is 2.26. The molecule has 1 atom stereocenters. The van der Waals surface area contributed by atoms with Crippen molar-refractivity contribution in [3.63, 3.8) is 0 Å². The summed E-state index contributed by atoms with van der Waals surface area (Å²) in [6.07, 6.45) is 1.84. The van der Waals surface area contributed by atoms with Crippen molar-refractivity contribution >= 4 is 28.4 Å². The van der Waals surface area contributed by atoms with Gasteiger partial charge in [-0.25, -0.2) is 0 Å². The highest BCUT2D eigenvalue weighted by atomic mass is 16.2. The van der Waals surface area contributed by atoms with E-state index in [9.17, 15) is 9.59 Å². The first-order valence-corrected chi connectivity index (χ1v) is 7.91. The summed E-state index contributed by atoms with van der Waals surface area (Å²) in [6, 6.07) is 14.6. The van der Waals surface area contributed by atoms with E-state index in [0.29, 0.717) is 12.1 Å². The lowest BCUT2D eigenvalue weighted by Crippen LogP contribution is -2.42. The highest BCUT2D eigenvalue weighted by molar-refractivity contribution is 6.06. The third kappa shape index (κ3) is 2.25. The Labute approximate surface area is 139 Å². The number of anilines is 1. The Hall–Kier alpha value is -3.08. The van der Waals surface area contributed by atoms with Gasteiger partial charge < -0.3 is 15.2 Å². The van der Waals surface area contributed by atoms with Gasteiger partial charge in [-0.1, -0.05) is 24.3 Å². The average Bonchev–Trinajstić information content (AvgIpc) is 3.20. The van der Waals surface area contributed by atoms with E-state index in [0.717, 1.165) is 22.2 Å². The molecule has 0 fully saturated rings. The third-order valence-corrected chi connectivity index (χ3v) is 4.55. The SMILES string of the molecule is CC(C(=O)Nc1cccc2[nH]ccc12)N1Cc2ccccc2C1=O. The fourth-order valence-electron chi connectivity index (χ4n) is 3.16. The Morgan fingerprint density at radius 3 is 2.83 bits per heavy atom. The summed E-state index contributed by atoms with van der Waals surface area (Å²) in [5.74, 6) is -0.280. The van der Waals surface area contributed by atoms with Gasteiger partial charge in [-0.2, -0.15) is 0 Å². The fraction of sp³-hybridized carbons (Fsp3) is 0.158. The molecule has 4 rings (SSSR count). The zero-order chi connectivity index (χ0) is 16.7. The predicted molar refractivity (Wildman–Crippen MR) is 92.7 cm³/mol. The van der Waals surface area contributed by atoms with E-state index in [1.54, 1.807) is 11.8 Å². The van der Waals surface area contributed by atoms with Crippen LogP contribution in [-0.2, 0) is 11.3 Å². The molecular weight excluding hydrogens is 302 g/mol. The van der Waals surface area contributed by atoms with Crippen LogP contribution in [0.2, 0.25) is 0 Å². The Morgan fingerprint density at radius 2 is 2.00 bits per heavy atom. The van der Waals surface area contributed by atoms with E-state index in [1.165, 1.54) is 0 Å². The monoisotopic (exact) mass is 319 g/mol. The Kier molecular flexibility index (Phi) is 3.34. The maximum absolute atomic E-state index is 12.6. The van der Waals surface area contributed by atoms with Crippen molar-refractivity contribution in [1.29, 1.82) is 0 Å². The highest BCUT2D eigenvalue weighted by Gasteiger charge is 2.33. The summed E-state index contributed by atoms with van der Waals surface area (Å²) in [5.41, 5.74) is 3.36. The molecule has 1 aliphatic heterocycles. The van der Waals surface area contributed by atoms with Crippen LogP contribution in [0, 0.1) is 0 Å². The number of rotatable bonds is 3. The summed E-state index contributed by atoms with van der Waals surface area (Å²) in [6.45, 7) is 2.23. The minimum Gasteiger partial charge on any atom is -0.361 e. The number of H-pyrrole nitrogens is 1. The first kappa shape index (κ1) is 14.5. The Bertz CT molecular complexity index is 944. The van der Waals surface area contributed by atoms with Gasteiger partial charge in [0.2, 0.25) is 5.91 Å². The minimum atomic E-state index is -0.543. The lowest BCUT2D eigenvalue weighted by atomic mass is 10.1. The molecule has 1 aromatic heterocycles. The van der Waals surface area contributed by atoms with Gasteiger partial charge in [-0.15, -0.1) is 0 Å². The third-order valence-electron chi connectivity index (χ3n) is 4.55. The number of fused-ring (bicyclic) bond motifs is 2. The maximum Gasteiger partial charge on any atom is 0.255 e. The van der Waals surface area contributed by atoms with Gasteiger partial charge in [0.05, 0.1) is 5.69 Å². The molecule has 5 nitrogen and oxygen atoms in total. The largest absolute Gasteiger partial charge is 0.361 e. The second kappa shape index (κ2) is 5.53. The molecule has 1 unspecified atom stereocenters. The summed E-state index contributed by atoms with van der Waals surface area (Å²) in [7, 11) is 0. The first-order valence-electron chi connectivity index (χ1n) is 7.91. The van der Waals surface area contributed by atoms with Crippen molar-refractivity contribution in [2.24, 2.45) is 0 Å². The lowest BCUT2D eigenvalue weighted by molar-refractivity contribution is -0.120. The molecular formula is C19H17N3O2. The van der Waals surface area contributed by atoms with Crippen LogP contribution in [0.4, 0.5) is 5.69 Å². The first-order chi connectivity index (χ1) is 11.6. The van der Waals surface area contributed by atoms with Crippen LogP contribution in [0.1, 0.15) is 22.8 Å². The van der Waals surface area contributed by atoms with Crippen LogP contribution < -0.4 is 5.32 Å². The molecule has 0 aliphatic carbocycles. The molecule has 2 heterocycles. The van der Waals surface area contributed by atoms with Crippen molar-refractivity contribution in [2.45, 2.75) is 19.5 Å². The topological polar surface area (TPSA) is 65.2 Å². The molecule has 0 saturated carbocycles. The number of hydrogen-bond donors (Lipinski definition) is 2. The van der Waals surface area contributed by atoms with Crippen LogP contribution in [-0.4, -0.2) is 27.7 Å². The molecule has 0 bridgehead atoms. The van der Waals surface area contributed by atoms with Crippen molar-refractivity contribution < 1.29 is 9.59 Å². The molecule has 0 saturated heterocycles. The smallest absolute Gasteiger partial charge is 0.255 e. The summed E-state index contributed by atoms with van der Waals surface area (Å²) in [4.78, 5) is 29.9. The number of aromatic amines is 1. The summed E-state index contributed by atoms with van der Waals surface area (Å²) < 4.78 is 0. The van der Waals surface area contributed by atoms with E-state index >= 15 is 0 Å². The second-order valence-corrected chi connectivity index (χ2v) is 6.00.